The van der Waals surface area contributed by atoms with Gasteiger partial charge in [-0.15, -0.1) is 0 Å². The van der Waals surface area contributed by atoms with Crippen molar-refractivity contribution in [3.63, 3.8) is 0 Å². The summed E-state index contributed by atoms with van der Waals surface area (Å²) in [6.07, 6.45) is 0. The monoisotopic (exact) mass is 317 g/mol. The van der Waals surface area contributed by atoms with Gasteiger partial charge in [0.25, 0.3) is 5.91 Å². The van der Waals surface area contributed by atoms with Gasteiger partial charge in [0.15, 0.2) is 5.13 Å². The molecule has 1 heterocycles. The molecule has 0 fully saturated rings. The number of carbonyl (C=O) groups is 1. The van der Waals surface area contributed by atoms with Gasteiger partial charge < -0.3 is 5.73 Å². The van der Waals surface area contributed by atoms with Gasteiger partial charge in [0, 0.05) is 16.3 Å². The van der Waals surface area contributed by atoms with Gasteiger partial charge in [-0.05, 0) is 42.8 Å². The molecule has 3 N–H and O–H groups in total. The van der Waals surface area contributed by atoms with Crippen LogP contribution < -0.4 is 11.1 Å². The number of nitrogens with two attached hydrogens (primary N) is 1. The molecule has 0 aliphatic rings. The summed E-state index contributed by atoms with van der Waals surface area (Å²) in [5.41, 5.74) is 8.58. The van der Waals surface area contributed by atoms with E-state index in [-0.39, 0.29) is 5.91 Å². The molecule has 4 nitrogen and oxygen atoms in total. The Kier molecular flexibility index (Phi) is 3.53. The third-order valence-electron chi connectivity index (χ3n) is 2.95. The molecule has 0 aliphatic heterocycles. The molecule has 0 unspecified atom stereocenters. The number of rotatable bonds is 2. The minimum atomic E-state index is -0.278. The molecule has 3 aromatic rings. The highest BCUT2D eigenvalue weighted by Crippen LogP contribution is 2.27. The van der Waals surface area contributed by atoms with Crippen molar-refractivity contribution in [1.82, 2.24) is 4.98 Å². The Balaban J connectivity index is 1.88. The Labute approximate surface area is 130 Å². The second-order valence-corrected chi connectivity index (χ2v) is 6.18. The SMILES string of the molecule is Cc1ccc2nc(NC(=O)c3cc(N)cc(Cl)c3)sc2c1. The Morgan fingerprint density at radius 1 is 1.29 bits per heavy atom. The number of nitrogens with one attached hydrogen (secondary N) is 1. The number of aryl methyl sites for hydroxylation is 1. The van der Waals surface area contributed by atoms with Crippen LogP contribution in [-0.2, 0) is 0 Å². The zero-order valence-corrected chi connectivity index (χ0v) is 12.8. The molecule has 2 aromatic carbocycles. The van der Waals surface area contributed by atoms with Crippen molar-refractivity contribution >= 4 is 49.9 Å². The van der Waals surface area contributed by atoms with E-state index in [0.29, 0.717) is 21.4 Å². The number of nitrogen functional groups attached to an aromatic ring is 1. The van der Waals surface area contributed by atoms with E-state index >= 15 is 0 Å². The summed E-state index contributed by atoms with van der Waals surface area (Å²) in [5.74, 6) is -0.278. The van der Waals surface area contributed by atoms with Crippen LogP contribution in [0.3, 0.4) is 0 Å². The summed E-state index contributed by atoms with van der Waals surface area (Å²) in [4.78, 5) is 16.6. The van der Waals surface area contributed by atoms with E-state index in [0.717, 1.165) is 15.8 Å². The summed E-state index contributed by atoms with van der Waals surface area (Å²) in [6.45, 7) is 2.02. The first kappa shape index (κ1) is 13.9. The number of halogens is 1. The number of nitrogens with zero attached hydrogens (tertiary/aromatic N) is 1. The molecule has 21 heavy (non-hydrogen) atoms. The summed E-state index contributed by atoms with van der Waals surface area (Å²) >= 11 is 7.34. The number of carbonyl (C=O) groups excluding carboxylic acids is 1. The average molecular weight is 318 g/mol. The molecule has 0 saturated carbocycles. The van der Waals surface area contributed by atoms with Gasteiger partial charge in [-0.2, -0.15) is 0 Å². The first-order chi connectivity index (χ1) is 10.0. The number of hydrogen-bond donors (Lipinski definition) is 2. The number of anilines is 2. The molecule has 0 spiro atoms. The maximum Gasteiger partial charge on any atom is 0.257 e. The van der Waals surface area contributed by atoms with Crippen LogP contribution in [0.25, 0.3) is 10.2 Å². The fourth-order valence-electron chi connectivity index (χ4n) is 2.00. The van der Waals surface area contributed by atoms with Crippen molar-refractivity contribution in [3.8, 4) is 0 Å². The highest BCUT2D eigenvalue weighted by atomic mass is 35.5. The van der Waals surface area contributed by atoms with Gasteiger partial charge >= 0.3 is 0 Å². The molecule has 3 rings (SSSR count). The van der Waals surface area contributed by atoms with Gasteiger partial charge in [0.2, 0.25) is 0 Å². The third kappa shape index (κ3) is 2.99. The standard InChI is InChI=1S/C15H12ClN3OS/c1-8-2-3-12-13(4-8)21-15(18-12)19-14(20)9-5-10(16)7-11(17)6-9/h2-7H,17H2,1H3,(H,18,19,20). The molecule has 0 aliphatic carbocycles. The van der Waals surface area contributed by atoms with Crippen LogP contribution in [0.15, 0.2) is 36.4 Å². The maximum absolute atomic E-state index is 12.2. The zero-order chi connectivity index (χ0) is 15.0. The number of benzene rings is 2. The van der Waals surface area contributed by atoms with E-state index in [2.05, 4.69) is 10.3 Å². The van der Waals surface area contributed by atoms with E-state index in [1.54, 1.807) is 18.2 Å². The lowest BCUT2D eigenvalue weighted by molar-refractivity contribution is 0.102. The molecule has 0 radical (unpaired) electrons. The van der Waals surface area contributed by atoms with Crippen LogP contribution in [0.1, 0.15) is 15.9 Å². The molecular weight excluding hydrogens is 306 g/mol. The quantitative estimate of drug-likeness (QED) is 0.699. The van der Waals surface area contributed by atoms with Gasteiger partial charge in [-0.1, -0.05) is 29.0 Å². The minimum Gasteiger partial charge on any atom is -0.399 e. The third-order valence-corrected chi connectivity index (χ3v) is 4.10. The zero-order valence-electron chi connectivity index (χ0n) is 11.2. The van der Waals surface area contributed by atoms with E-state index in [9.17, 15) is 4.79 Å². The fraction of sp³-hybridized carbons (Fsp3) is 0.0667. The summed E-state index contributed by atoms with van der Waals surface area (Å²) in [7, 11) is 0. The molecule has 6 heteroatoms. The van der Waals surface area contributed by atoms with Gasteiger partial charge in [-0.3, -0.25) is 10.1 Å². The lowest BCUT2D eigenvalue weighted by Crippen LogP contribution is -2.12. The summed E-state index contributed by atoms with van der Waals surface area (Å²) in [6, 6.07) is 10.7. The summed E-state index contributed by atoms with van der Waals surface area (Å²) < 4.78 is 1.04. The molecule has 106 valence electrons. The number of thiazole rings is 1. The Morgan fingerprint density at radius 3 is 2.86 bits per heavy atom. The lowest BCUT2D eigenvalue weighted by atomic mass is 10.2. The minimum absolute atomic E-state index is 0.278. The normalized spacial score (nSPS) is 10.8. The van der Waals surface area contributed by atoms with Crippen molar-refractivity contribution in [2.75, 3.05) is 11.1 Å². The predicted molar refractivity (Wildman–Crippen MR) is 88.2 cm³/mol. The number of fused-ring (bicyclic) bond motifs is 1. The van der Waals surface area contributed by atoms with Crippen LogP contribution in [0.5, 0.6) is 0 Å². The number of aromatic nitrogens is 1. The van der Waals surface area contributed by atoms with Gasteiger partial charge in [0.05, 0.1) is 10.2 Å². The summed E-state index contributed by atoms with van der Waals surface area (Å²) in [5, 5.41) is 3.76. The Hall–Kier alpha value is -2.11. The molecule has 0 bridgehead atoms. The smallest absolute Gasteiger partial charge is 0.257 e. The van der Waals surface area contributed by atoms with Crippen LogP contribution in [0.4, 0.5) is 10.8 Å². The first-order valence-corrected chi connectivity index (χ1v) is 7.45. The van der Waals surface area contributed by atoms with Gasteiger partial charge in [0.1, 0.15) is 0 Å². The van der Waals surface area contributed by atoms with E-state index in [1.165, 1.54) is 11.3 Å². The first-order valence-electron chi connectivity index (χ1n) is 6.26. The molecule has 1 amide bonds. The van der Waals surface area contributed by atoms with Crippen LogP contribution in [-0.4, -0.2) is 10.9 Å². The highest BCUT2D eigenvalue weighted by Gasteiger charge is 2.11. The van der Waals surface area contributed by atoms with Crippen LogP contribution in [0.2, 0.25) is 5.02 Å². The van der Waals surface area contributed by atoms with Crippen molar-refractivity contribution in [1.29, 1.82) is 0 Å². The fourth-order valence-corrected chi connectivity index (χ4v) is 3.20. The molecular formula is C15H12ClN3OS. The largest absolute Gasteiger partial charge is 0.399 e. The second kappa shape index (κ2) is 5.35. The van der Waals surface area contributed by atoms with Crippen LogP contribution in [0, 0.1) is 6.92 Å². The number of amides is 1. The van der Waals surface area contributed by atoms with Crippen molar-refractivity contribution in [2.24, 2.45) is 0 Å². The maximum atomic E-state index is 12.2. The topological polar surface area (TPSA) is 68.0 Å². The van der Waals surface area contributed by atoms with E-state index in [4.69, 9.17) is 17.3 Å². The Morgan fingerprint density at radius 2 is 2.10 bits per heavy atom. The molecule has 0 saturated heterocycles. The van der Waals surface area contributed by atoms with Crippen LogP contribution >= 0.6 is 22.9 Å². The Bertz CT molecular complexity index is 824. The van der Waals surface area contributed by atoms with Crippen molar-refractivity contribution in [3.05, 3.63) is 52.5 Å². The van der Waals surface area contributed by atoms with Crippen molar-refractivity contribution in [2.45, 2.75) is 6.92 Å². The predicted octanol–water partition coefficient (Wildman–Crippen LogP) is 4.09. The molecule has 1 aromatic heterocycles. The average Bonchev–Trinajstić information content (AvgIpc) is 2.78. The van der Waals surface area contributed by atoms with Crippen molar-refractivity contribution < 1.29 is 4.79 Å². The van der Waals surface area contributed by atoms with Gasteiger partial charge in [-0.25, -0.2) is 4.98 Å². The van der Waals surface area contributed by atoms with E-state index in [1.807, 2.05) is 25.1 Å². The van der Waals surface area contributed by atoms with E-state index < -0.39 is 0 Å². The lowest BCUT2D eigenvalue weighted by Gasteiger charge is -2.03. The molecule has 0 atom stereocenters. The highest BCUT2D eigenvalue weighted by molar-refractivity contribution is 7.22. The second-order valence-electron chi connectivity index (χ2n) is 4.72. The number of hydrogen-bond acceptors (Lipinski definition) is 4.